The Hall–Kier alpha value is -1.30. The number of likely N-dealkylation sites (tertiary alicyclic amines) is 1. The van der Waals surface area contributed by atoms with Gasteiger partial charge in [0.1, 0.15) is 0 Å². The third kappa shape index (κ3) is 5.87. The first-order chi connectivity index (χ1) is 11.2. The molecule has 1 aromatic carbocycles. The minimum Gasteiger partial charge on any atom is -0.349 e. The van der Waals surface area contributed by atoms with E-state index in [4.69, 9.17) is 17.3 Å². The summed E-state index contributed by atoms with van der Waals surface area (Å²) in [6, 6.07) is 6.95. The second kappa shape index (κ2) is 8.88. The van der Waals surface area contributed by atoms with Gasteiger partial charge in [-0.25, -0.2) is 0 Å². The van der Waals surface area contributed by atoms with Crippen molar-refractivity contribution in [3.63, 3.8) is 0 Å². The van der Waals surface area contributed by atoms with E-state index in [0.29, 0.717) is 18.1 Å². The number of piperidine rings is 1. The Bertz CT molecular complexity index is 605. The minimum absolute atomic E-state index is 0. The summed E-state index contributed by atoms with van der Waals surface area (Å²) in [6.45, 7) is 6.93. The van der Waals surface area contributed by atoms with E-state index in [1.54, 1.807) is 12.1 Å². The highest BCUT2D eigenvalue weighted by Gasteiger charge is 2.35. The molecule has 1 aromatic rings. The number of carbonyl (C=O) groups excluding carboxylic acids is 2. The Balaban J connectivity index is 0.00000312. The van der Waals surface area contributed by atoms with Gasteiger partial charge in [0.25, 0.3) is 0 Å². The fourth-order valence-electron chi connectivity index (χ4n) is 3.08. The maximum atomic E-state index is 12.7. The van der Waals surface area contributed by atoms with Crippen molar-refractivity contribution in [2.45, 2.75) is 45.7 Å². The summed E-state index contributed by atoms with van der Waals surface area (Å²) >= 11 is 5.92. The van der Waals surface area contributed by atoms with E-state index in [1.807, 2.05) is 17.0 Å². The van der Waals surface area contributed by atoms with Crippen molar-refractivity contribution in [3.8, 4) is 0 Å². The normalized spacial score (nSPS) is 20.4. The Kier molecular flexibility index (Phi) is 7.72. The van der Waals surface area contributed by atoms with E-state index >= 15 is 0 Å². The molecular formula is C18H27Cl2N3O2. The number of benzene rings is 1. The highest BCUT2D eigenvalue weighted by molar-refractivity contribution is 6.30. The van der Waals surface area contributed by atoms with E-state index < -0.39 is 0 Å². The Labute approximate surface area is 160 Å². The van der Waals surface area contributed by atoms with Crippen LogP contribution >= 0.6 is 24.0 Å². The SMILES string of the molecule is CC(=O)NC(CC(=O)N1CCC(N)C(C)(C)C1)c1ccc(Cl)cc1.Cl. The monoisotopic (exact) mass is 387 g/mol. The topological polar surface area (TPSA) is 75.4 Å². The lowest BCUT2D eigenvalue weighted by Crippen LogP contribution is -2.54. The lowest BCUT2D eigenvalue weighted by molar-refractivity contribution is -0.135. The largest absolute Gasteiger partial charge is 0.349 e. The zero-order valence-electron chi connectivity index (χ0n) is 14.9. The van der Waals surface area contributed by atoms with Crippen LogP contribution in [-0.2, 0) is 9.59 Å². The molecule has 0 saturated carbocycles. The molecule has 25 heavy (non-hydrogen) atoms. The fourth-order valence-corrected chi connectivity index (χ4v) is 3.21. The molecule has 0 aromatic heterocycles. The van der Waals surface area contributed by atoms with E-state index in [2.05, 4.69) is 19.2 Å². The van der Waals surface area contributed by atoms with Crippen molar-refractivity contribution in [2.75, 3.05) is 13.1 Å². The van der Waals surface area contributed by atoms with Gasteiger partial charge in [0.2, 0.25) is 11.8 Å². The lowest BCUT2D eigenvalue weighted by Gasteiger charge is -2.43. The molecule has 0 bridgehead atoms. The number of amides is 2. The van der Waals surface area contributed by atoms with Gasteiger partial charge in [-0.1, -0.05) is 37.6 Å². The fraction of sp³-hybridized carbons (Fsp3) is 0.556. The molecule has 1 heterocycles. The zero-order valence-corrected chi connectivity index (χ0v) is 16.5. The van der Waals surface area contributed by atoms with Crippen LogP contribution in [0.4, 0.5) is 0 Å². The summed E-state index contributed by atoms with van der Waals surface area (Å²) in [6.07, 6.45) is 1.02. The molecule has 3 N–H and O–H groups in total. The highest BCUT2D eigenvalue weighted by atomic mass is 35.5. The van der Waals surface area contributed by atoms with Gasteiger partial charge in [-0.3, -0.25) is 9.59 Å². The van der Waals surface area contributed by atoms with Crippen molar-refractivity contribution in [1.29, 1.82) is 0 Å². The molecule has 1 fully saturated rings. The van der Waals surface area contributed by atoms with Crippen molar-refractivity contribution in [3.05, 3.63) is 34.9 Å². The number of rotatable bonds is 4. The van der Waals surface area contributed by atoms with Gasteiger partial charge in [-0.2, -0.15) is 0 Å². The van der Waals surface area contributed by atoms with Crippen LogP contribution in [0.1, 0.15) is 45.2 Å². The standard InChI is InChI=1S/C18H26ClN3O2.ClH/c1-12(23)21-15(13-4-6-14(19)7-5-13)10-17(24)22-9-8-16(20)18(2,3)11-22;/h4-7,15-16H,8-11,20H2,1-3H3,(H,21,23);1H. The average Bonchev–Trinajstić information content (AvgIpc) is 2.49. The molecule has 0 spiro atoms. The highest BCUT2D eigenvalue weighted by Crippen LogP contribution is 2.29. The van der Waals surface area contributed by atoms with Crippen LogP contribution in [0.5, 0.6) is 0 Å². The van der Waals surface area contributed by atoms with Gasteiger partial charge in [0.15, 0.2) is 0 Å². The lowest BCUT2D eigenvalue weighted by atomic mass is 9.79. The maximum Gasteiger partial charge on any atom is 0.225 e. The third-order valence-electron chi connectivity index (χ3n) is 4.69. The van der Waals surface area contributed by atoms with Crippen molar-refractivity contribution >= 4 is 35.8 Å². The molecule has 5 nitrogen and oxygen atoms in total. The molecule has 2 atom stereocenters. The number of nitrogens with two attached hydrogens (primary N) is 1. The first-order valence-electron chi connectivity index (χ1n) is 8.25. The number of halogens is 2. The summed E-state index contributed by atoms with van der Waals surface area (Å²) < 4.78 is 0. The predicted molar refractivity (Wildman–Crippen MR) is 103 cm³/mol. The molecule has 1 aliphatic rings. The van der Waals surface area contributed by atoms with Gasteiger partial charge >= 0.3 is 0 Å². The van der Waals surface area contributed by atoms with Gasteiger partial charge in [0.05, 0.1) is 12.5 Å². The summed E-state index contributed by atoms with van der Waals surface area (Å²) in [7, 11) is 0. The van der Waals surface area contributed by atoms with Crippen molar-refractivity contribution in [2.24, 2.45) is 11.1 Å². The van der Waals surface area contributed by atoms with Crippen LogP contribution in [-0.4, -0.2) is 35.8 Å². The van der Waals surface area contributed by atoms with Gasteiger partial charge in [-0.05, 0) is 29.5 Å². The quantitative estimate of drug-likeness (QED) is 0.833. The number of nitrogens with zero attached hydrogens (tertiary/aromatic N) is 1. The molecule has 0 radical (unpaired) electrons. The van der Waals surface area contributed by atoms with Crippen LogP contribution in [0.25, 0.3) is 0 Å². The van der Waals surface area contributed by atoms with Crippen LogP contribution in [0.2, 0.25) is 5.02 Å². The van der Waals surface area contributed by atoms with Crippen molar-refractivity contribution in [1.82, 2.24) is 10.2 Å². The number of hydrogen-bond donors (Lipinski definition) is 2. The maximum absolute atomic E-state index is 12.7. The van der Waals surface area contributed by atoms with E-state index in [0.717, 1.165) is 12.0 Å². The molecule has 140 valence electrons. The van der Waals surface area contributed by atoms with Gasteiger partial charge in [-0.15, -0.1) is 12.4 Å². The Morgan fingerprint density at radius 3 is 2.48 bits per heavy atom. The molecule has 2 amide bonds. The minimum atomic E-state index is -0.356. The average molecular weight is 388 g/mol. The smallest absolute Gasteiger partial charge is 0.225 e. The van der Waals surface area contributed by atoms with Gasteiger partial charge in [0, 0.05) is 31.1 Å². The molecule has 1 saturated heterocycles. The summed E-state index contributed by atoms with van der Waals surface area (Å²) in [5, 5.41) is 3.48. The van der Waals surface area contributed by atoms with Gasteiger partial charge < -0.3 is 16.0 Å². The van der Waals surface area contributed by atoms with Crippen LogP contribution in [0.3, 0.4) is 0 Å². The third-order valence-corrected chi connectivity index (χ3v) is 4.95. The Morgan fingerprint density at radius 1 is 1.36 bits per heavy atom. The number of carbonyl (C=O) groups is 2. The zero-order chi connectivity index (χ0) is 17.9. The van der Waals surface area contributed by atoms with Crippen molar-refractivity contribution < 1.29 is 9.59 Å². The predicted octanol–water partition coefficient (Wildman–Crippen LogP) is 2.91. The van der Waals surface area contributed by atoms with E-state index in [1.165, 1.54) is 6.92 Å². The number of hydrogen-bond acceptors (Lipinski definition) is 3. The molecule has 2 rings (SSSR count). The summed E-state index contributed by atoms with van der Waals surface area (Å²) in [4.78, 5) is 26.1. The summed E-state index contributed by atoms with van der Waals surface area (Å²) in [5.41, 5.74) is 6.91. The van der Waals surface area contributed by atoms with Crippen LogP contribution in [0, 0.1) is 5.41 Å². The molecule has 0 aliphatic carbocycles. The molecular weight excluding hydrogens is 361 g/mol. The number of nitrogens with one attached hydrogen (secondary N) is 1. The van der Waals surface area contributed by atoms with E-state index in [9.17, 15) is 9.59 Å². The molecule has 1 aliphatic heterocycles. The van der Waals surface area contributed by atoms with Crippen LogP contribution < -0.4 is 11.1 Å². The second-order valence-electron chi connectivity index (χ2n) is 7.21. The molecule has 7 heteroatoms. The first-order valence-corrected chi connectivity index (χ1v) is 8.63. The second-order valence-corrected chi connectivity index (χ2v) is 7.64. The van der Waals surface area contributed by atoms with Crippen LogP contribution in [0.15, 0.2) is 24.3 Å². The first kappa shape index (κ1) is 21.7. The van der Waals surface area contributed by atoms with E-state index in [-0.39, 0.29) is 48.1 Å². The Morgan fingerprint density at radius 2 is 1.96 bits per heavy atom. The summed E-state index contributed by atoms with van der Waals surface area (Å²) in [5.74, 6) is -0.132. The molecule has 2 unspecified atom stereocenters.